The number of aryl methyl sites for hydroxylation is 2. The molecule has 2 heteroatoms. The number of thioether (sulfide) groups is 1. The second-order valence-electron chi connectivity index (χ2n) is 5.29. The Hall–Kier alpha value is -0.470. The predicted molar refractivity (Wildman–Crippen MR) is 74.8 cm³/mol. The molecule has 0 amide bonds. The van der Waals surface area contributed by atoms with Gasteiger partial charge in [0.2, 0.25) is 0 Å². The maximum absolute atomic E-state index is 3.46. The Kier molecular flexibility index (Phi) is 3.72. The van der Waals surface area contributed by atoms with Crippen LogP contribution in [0.5, 0.6) is 0 Å². The van der Waals surface area contributed by atoms with Crippen molar-refractivity contribution in [1.82, 2.24) is 5.32 Å². The molecular weight excluding hydrogens is 226 g/mol. The average molecular weight is 247 g/mol. The Morgan fingerprint density at radius 3 is 3.24 bits per heavy atom. The smallest absolute Gasteiger partial charge is 0.0104 e. The molecule has 0 aliphatic carbocycles. The zero-order valence-electron chi connectivity index (χ0n) is 10.4. The third kappa shape index (κ3) is 2.86. The van der Waals surface area contributed by atoms with Crippen molar-refractivity contribution in [3.05, 3.63) is 29.3 Å². The van der Waals surface area contributed by atoms with Crippen LogP contribution in [0.3, 0.4) is 0 Å². The van der Waals surface area contributed by atoms with Crippen LogP contribution in [0.25, 0.3) is 0 Å². The Balaban J connectivity index is 1.62. The van der Waals surface area contributed by atoms with Gasteiger partial charge < -0.3 is 5.32 Å². The van der Waals surface area contributed by atoms with Crippen molar-refractivity contribution in [2.45, 2.75) is 37.0 Å². The van der Waals surface area contributed by atoms with Crippen LogP contribution in [-0.4, -0.2) is 18.8 Å². The molecule has 1 nitrogen and oxygen atoms in total. The third-order valence-electron chi connectivity index (χ3n) is 3.98. The quantitative estimate of drug-likeness (QED) is 0.880. The van der Waals surface area contributed by atoms with Gasteiger partial charge in [0.1, 0.15) is 0 Å². The van der Waals surface area contributed by atoms with E-state index in [1.54, 1.807) is 11.1 Å². The normalized spacial score (nSPS) is 23.6. The van der Waals surface area contributed by atoms with Gasteiger partial charge in [-0.05, 0) is 74.1 Å². The van der Waals surface area contributed by atoms with Crippen molar-refractivity contribution >= 4 is 11.8 Å². The highest BCUT2D eigenvalue weighted by Gasteiger charge is 2.15. The van der Waals surface area contributed by atoms with Crippen LogP contribution in [0.4, 0.5) is 0 Å². The fourth-order valence-corrected chi connectivity index (χ4v) is 3.92. The summed E-state index contributed by atoms with van der Waals surface area (Å²) in [6, 6.07) is 7.16. The van der Waals surface area contributed by atoms with Crippen molar-refractivity contribution in [1.29, 1.82) is 0 Å². The lowest BCUT2D eigenvalue weighted by molar-refractivity contribution is 0.532. The lowest BCUT2D eigenvalue weighted by Crippen LogP contribution is -2.09. The number of hydrogen-bond acceptors (Lipinski definition) is 2. The predicted octanol–water partition coefficient (Wildman–Crippen LogP) is 3.27. The fraction of sp³-hybridized carbons (Fsp3) is 0.600. The average Bonchev–Trinajstić information content (AvgIpc) is 2.89. The lowest BCUT2D eigenvalue weighted by Gasteiger charge is -2.16. The van der Waals surface area contributed by atoms with E-state index in [0.29, 0.717) is 0 Å². The van der Waals surface area contributed by atoms with Gasteiger partial charge in [0, 0.05) is 4.90 Å². The molecule has 1 atom stereocenters. The summed E-state index contributed by atoms with van der Waals surface area (Å²) in [6.45, 7) is 2.46. The maximum Gasteiger partial charge on any atom is 0.0104 e. The molecule has 0 saturated carbocycles. The van der Waals surface area contributed by atoms with Crippen LogP contribution >= 0.6 is 11.8 Å². The second-order valence-corrected chi connectivity index (χ2v) is 6.43. The Morgan fingerprint density at radius 1 is 1.35 bits per heavy atom. The molecule has 0 radical (unpaired) electrons. The first-order valence-corrected chi connectivity index (χ1v) is 7.86. The summed E-state index contributed by atoms with van der Waals surface area (Å²) >= 11 is 2.03. The summed E-state index contributed by atoms with van der Waals surface area (Å²) in [4.78, 5) is 1.53. The summed E-state index contributed by atoms with van der Waals surface area (Å²) in [7, 11) is 0. The van der Waals surface area contributed by atoms with Gasteiger partial charge in [0.15, 0.2) is 0 Å². The lowest BCUT2D eigenvalue weighted by atomic mass is 9.97. The summed E-state index contributed by atoms with van der Waals surface area (Å²) < 4.78 is 0. The van der Waals surface area contributed by atoms with Gasteiger partial charge in [-0.1, -0.05) is 12.1 Å². The first-order chi connectivity index (χ1) is 8.42. The van der Waals surface area contributed by atoms with Crippen LogP contribution in [0.2, 0.25) is 0 Å². The van der Waals surface area contributed by atoms with Gasteiger partial charge in [-0.2, -0.15) is 0 Å². The number of rotatable bonds is 3. The Bertz CT molecular complexity index is 383. The van der Waals surface area contributed by atoms with E-state index >= 15 is 0 Å². The Morgan fingerprint density at radius 2 is 2.35 bits per heavy atom. The number of nitrogens with one attached hydrogen (secondary N) is 1. The monoisotopic (exact) mass is 247 g/mol. The number of fused-ring (bicyclic) bond motifs is 1. The van der Waals surface area contributed by atoms with Gasteiger partial charge in [-0.25, -0.2) is 0 Å². The second kappa shape index (κ2) is 5.45. The molecule has 92 valence electrons. The minimum Gasteiger partial charge on any atom is -0.316 e. The van der Waals surface area contributed by atoms with E-state index < -0.39 is 0 Å². The molecule has 1 fully saturated rings. The van der Waals surface area contributed by atoms with E-state index in [1.807, 2.05) is 11.8 Å². The zero-order valence-corrected chi connectivity index (χ0v) is 11.2. The number of hydrogen-bond donors (Lipinski definition) is 1. The SMILES string of the molecule is c1cc2c(cc1CCC1CCNC1)CCCS2. The summed E-state index contributed by atoms with van der Waals surface area (Å²) in [5.74, 6) is 2.22. The topological polar surface area (TPSA) is 12.0 Å². The highest BCUT2D eigenvalue weighted by Crippen LogP contribution is 2.31. The molecule has 3 rings (SSSR count). The van der Waals surface area contributed by atoms with E-state index in [4.69, 9.17) is 0 Å². The molecule has 2 aliphatic rings. The maximum atomic E-state index is 3.46. The molecule has 1 aromatic carbocycles. The molecule has 1 aromatic rings. The minimum atomic E-state index is 0.917. The van der Waals surface area contributed by atoms with Crippen LogP contribution in [0.1, 0.15) is 30.4 Å². The molecule has 17 heavy (non-hydrogen) atoms. The molecule has 0 spiro atoms. The van der Waals surface area contributed by atoms with Crippen LogP contribution in [-0.2, 0) is 12.8 Å². The summed E-state index contributed by atoms with van der Waals surface area (Å²) in [5.41, 5.74) is 3.15. The first-order valence-electron chi connectivity index (χ1n) is 6.87. The van der Waals surface area contributed by atoms with Crippen molar-refractivity contribution in [2.24, 2.45) is 5.92 Å². The van der Waals surface area contributed by atoms with Gasteiger partial charge >= 0.3 is 0 Å². The van der Waals surface area contributed by atoms with E-state index in [2.05, 4.69) is 23.5 Å². The molecule has 0 aromatic heterocycles. The van der Waals surface area contributed by atoms with Gasteiger partial charge in [-0.15, -0.1) is 11.8 Å². The molecule has 2 heterocycles. The molecule has 1 unspecified atom stereocenters. The third-order valence-corrected chi connectivity index (χ3v) is 5.18. The zero-order chi connectivity index (χ0) is 11.5. The van der Waals surface area contributed by atoms with Crippen molar-refractivity contribution < 1.29 is 0 Å². The number of benzene rings is 1. The van der Waals surface area contributed by atoms with Crippen LogP contribution < -0.4 is 5.32 Å². The summed E-state index contributed by atoms with van der Waals surface area (Å²) in [5, 5.41) is 3.46. The Labute approximate surface area is 108 Å². The van der Waals surface area contributed by atoms with Gasteiger partial charge in [-0.3, -0.25) is 0 Å². The first kappa shape index (κ1) is 11.6. The fourth-order valence-electron chi connectivity index (χ4n) is 2.90. The molecule has 1 saturated heterocycles. The van der Waals surface area contributed by atoms with Crippen molar-refractivity contribution in [3.63, 3.8) is 0 Å². The van der Waals surface area contributed by atoms with E-state index in [0.717, 1.165) is 5.92 Å². The standard InChI is InChI=1S/C15H21NS/c1-2-14-10-12(5-6-15(14)17-9-1)3-4-13-7-8-16-11-13/h5-6,10,13,16H,1-4,7-9,11H2. The minimum absolute atomic E-state index is 0.917. The van der Waals surface area contributed by atoms with Gasteiger partial charge in [0.25, 0.3) is 0 Å². The van der Waals surface area contributed by atoms with Gasteiger partial charge in [0.05, 0.1) is 0 Å². The van der Waals surface area contributed by atoms with Crippen LogP contribution in [0, 0.1) is 5.92 Å². The van der Waals surface area contributed by atoms with E-state index in [1.165, 1.54) is 55.8 Å². The van der Waals surface area contributed by atoms with Crippen molar-refractivity contribution in [2.75, 3.05) is 18.8 Å². The highest BCUT2D eigenvalue weighted by atomic mass is 32.2. The largest absolute Gasteiger partial charge is 0.316 e. The molecular formula is C15H21NS. The highest BCUT2D eigenvalue weighted by molar-refractivity contribution is 7.99. The van der Waals surface area contributed by atoms with Crippen LogP contribution in [0.15, 0.2) is 23.1 Å². The van der Waals surface area contributed by atoms with Crippen molar-refractivity contribution in [3.8, 4) is 0 Å². The summed E-state index contributed by atoms with van der Waals surface area (Å²) in [6.07, 6.45) is 6.65. The molecule has 2 aliphatic heterocycles. The molecule has 1 N–H and O–H groups in total. The van der Waals surface area contributed by atoms with E-state index in [-0.39, 0.29) is 0 Å². The molecule has 0 bridgehead atoms. The van der Waals surface area contributed by atoms with E-state index in [9.17, 15) is 0 Å².